The lowest BCUT2D eigenvalue weighted by molar-refractivity contribution is 0.636. The van der Waals surface area contributed by atoms with Crippen molar-refractivity contribution in [2.45, 2.75) is 18.1 Å². The fourth-order valence-electron chi connectivity index (χ4n) is 3.29. The van der Waals surface area contributed by atoms with Gasteiger partial charge in [-0.25, -0.2) is 0 Å². The third-order valence-corrected chi connectivity index (χ3v) is 6.01. The molecule has 134 valence electrons. The van der Waals surface area contributed by atoms with Crippen LogP contribution >= 0.6 is 35.1 Å². The lowest BCUT2D eigenvalue weighted by atomic mass is 10.2. The normalized spacial score (nSPS) is 11.7. The number of hydrogen-bond donors (Lipinski definition) is 0. The second kappa shape index (κ2) is 7.55. The maximum Gasteiger partial charge on any atom is 0.126 e. The molecule has 3 aromatic heterocycles. The highest BCUT2D eigenvalue weighted by atomic mass is 35.5. The second-order valence-corrected chi connectivity index (χ2v) is 8.26. The molecule has 0 atom stereocenters. The molecule has 0 bridgehead atoms. The van der Waals surface area contributed by atoms with E-state index in [9.17, 15) is 0 Å². The third kappa shape index (κ3) is 3.21. The van der Waals surface area contributed by atoms with Gasteiger partial charge in [0.15, 0.2) is 0 Å². The molecule has 0 fully saturated rings. The Kier molecular flexibility index (Phi) is 5.16. The lowest BCUT2D eigenvalue weighted by Crippen LogP contribution is -2.10. The molecule has 0 aliphatic rings. The van der Waals surface area contributed by atoms with E-state index in [4.69, 9.17) is 16.7 Å². The molecule has 26 heavy (non-hydrogen) atoms. The van der Waals surface area contributed by atoms with Gasteiger partial charge in [0.25, 0.3) is 0 Å². The number of aromatic nitrogens is 4. The quantitative estimate of drug-likeness (QED) is 0.416. The van der Waals surface area contributed by atoms with Crippen molar-refractivity contribution in [3.8, 4) is 0 Å². The van der Waals surface area contributed by atoms with Crippen LogP contribution in [0.5, 0.6) is 0 Å². The smallest absolute Gasteiger partial charge is 0.126 e. The van der Waals surface area contributed by atoms with E-state index in [2.05, 4.69) is 38.9 Å². The minimum atomic E-state index is 0.712. The number of halogens is 1. The fourth-order valence-corrected chi connectivity index (χ4v) is 4.41. The van der Waals surface area contributed by atoms with Crippen LogP contribution in [-0.2, 0) is 13.1 Å². The second-order valence-electron chi connectivity index (χ2n) is 6.04. The van der Waals surface area contributed by atoms with Crippen LogP contribution < -0.4 is 0 Å². The van der Waals surface area contributed by atoms with Crippen LogP contribution in [-0.4, -0.2) is 37.6 Å². The Morgan fingerprint density at radius 3 is 2.81 bits per heavy atom. The van der Waals surface area contributed by atoms with Gasteiger partial charge < -0.3 is 4.57 Å². The van der Waals surface area contributed by atoms with Crippen LogP contribution in [0.15, 0.2) is 47.8 Å². The molecule has 0 unspecified atom stereocenters. The van der Waals surface area contributed by atoms with E-state index in [1.807, 2.05) is 42.4 Å². The van der Waals surface area contributed by atoms with Crippen LogP contribution in [0.2, 0.25) is 5.02 Å². The Morgan fingerprint density at radius 2 is 2.00 bits per heavy atom. The predicted octanol–water partition coefficient (Wildman–Crippen LogP) is 5.17. The number of nitrogens with zero attached hydrogens (tertiary/aromatic N) is 4. The SMILES string of the molecule is CSCCn1c(Cn2nc(SC)c3ccncc32)cc2cc(Cl)ccc21. The van der Waals surface area contributed by atoms with Gasteiger partial charge in [0, 0.05) is 45.5 Å². The maximum atomic E-state index is 6.20. The molecule has 0 saturated carbocycles. The molecule has 4 rings (SSSR count). The first-order valence-corrected chi connectivity index (χ1v) is 11.3. The molecule has 0 spiro atoms. The molecule has 4 nitrogen and oxygen atoms in total. The van der Waals surface area contributed by atoms with E-state index in [1.54, 1.807) is 11.8 Å². The largest absolute Gasteiger partial charge is 0.342 e. The van der Waals surface area contributed by atoms with E-state index in [0.717, 1.165) is 33.2 Å². The molecule has 1 aromatic carbocycles. The number of pyridine rings is 1. The zero-order valence-electron chi connectivity index (χ0n) is 14.6. The standard InChI is InChI=1S/C19H19ClN4S2/c1-25-8-7-23-15(10-13-9-14(20)3-4-17(13)23)12-24-18-11-21-6-5-16(18)19(22-24)26-2/h3-6,9-11H,7-8,12H2,1-2H3. The molecule has 0 radical (unpaired) electrons. The van der Waals surface area contributed by atoms with Gasteiger partial charge in [-0.3, -0.25) is 9.67 Å². The zero-order valence-corrected chi connectivity index (χ0v) is 17.0. The summed E-state index contributed by atoms with van der Waals surface area (Å²) >= 11 is 9.72. The average molecular weight is 403 g/mol. The highest BCUT2D eigenvalue weighted by Crippen LogP contribution is 2.28. The van der Waals surface area contributed by atoms with Crippen molar-refractivity contribution in [1.82, 2.24) is 19.3 Å². The van der Waals surface area contributed by atoms with Crippen LogP contribution in [0.3, 0.4) is 0 Å². The summed E-state index contributed by atoms with van der Waals surface area (Å²) in [6.07, 6.45) is 7.92. The van der Waals surface area contributed by atoms with Crippen molar-refractivity contribution in [3.63, 3.8) is 0 Å². The molecule has 0 saturated heterocycles. The summed E-state index contributed by atoms with van der Waals surface area (Å²) < 4.78 is 4.43. The number of aryl methyl sites for hydroxylation is 1. The number of benzene rings is 1. The summed E-state index contributed by atoms with van der Waals surface area (Å²) in [6.45, 7) is 1.68. The molecular weight excluding hydrogens is 384 g/mol. The molecule has 7 heteroatoms. The van der Waals surface area contributed by atoms with E-state index in [0.29, 0.717) is 6.54 Å². The van der Waals surface area contributed by atoms with Gasteiger partial charge in [0.1, 0.15) is 5.03 Å². The van der Waals surface area contributed by atoms with E-state index in [1.165, 1.54) is 16.6 Å². The van der Waals surface area contributed by atoms with Crippen molar-refractivity contribution in [2.75, 3.05) is 18.3 Å². The molecule has 4 aromatic rings. The summed E-state index contributed by atoms with van der Waals surface area (Å²) in [5.41, 5.74) is 3.52. The molecule has 3 heterocycles. The summed E-state index contributed by atoms with van der Waals surface area (Å²) in [4.78, 5) is 4.29. The van der Waals surface area contributed by atoms with Gasteiger partial charge in [0.05, 0.1) is 18.3 Å². The summed E-state index contributed by atoms with van der Waals surface area (Å²) in [5.74, 6) is 1.07. The number of hydrogen-bond acceptors (Lipinski definition) is 4. The Morgan fingerprint density at radius 1 is 1.12 bits per heavy atom. The van der Waals surface area contributed by atoms with Crippen molar-refractivity contribution >= 4 is 56.9 Å². The topological polar surface area (TPSA) is 35.6 Å². The summed E-state index contributed by atoms with van der Waals surface area (Å²) in [5, 5.41) is 8.94. The van der Waals surface area contributed by atoms with Crippen LogP contribution in [0, 0.1) is 0 Å². The summed E-state index contributed by atoms with van der Waals surface area (Å²) in [7, 11) is 0. The van der Waals surface area contributed by atoms with Gasteiger partial charge in [-0.15, -0.1) is 11.8 Å². The lowest BCUT2D eigenvalue weighted by Gasteiger charge is -2.11. The first kappa shape index (κ1) is 17.8. The van der Waals surface area contributed by atoms with Crippen molar-refractivity contribution in [1.29, 1.82) is 0 Å². The molecular formula is C19H19ClN4S2. The molecule has 0 aliphatic carbocycles. The van der Waals surface area contributed by atoms with Gasteiger partial charge in [0.2, 0.25) is 0 Å². The van der Waals surface area contributed by atoms with Crippen LogP contribution in [0.1, 0.15) is 5.69 Å². The van der Waals surface area contributed by atoms with Crippen LogP contribution in [0.4, 0.5) is 0 Å². The summed E-state index contributed by atoms with van der Waals surface area (Å²) in [6, 6.07) is 10.4. The Hall–Kier alpha value is -1.63. The van der Waals surface area contributed by atoms with Crippen molar-refractivity contribution < 1.29 is 0 Å². The fraction of sp³-hybridized carbons (Fsp3) is 0.263. The Bertz CT molecular complexity index is 1070. The molecule has 0 N–H and O–H groups in total. The first-order chi connectivity index (χ1) is 12.7. The molecule has 0 aliphatic heterocycles. The van der Waals surface area contributed by atoms with Crippen molar-refractivity contribution in [3.05, 3.63) is 53.4 Å². The first-order valence-electron chi connectivity index (χ1n) is 8.32. The number of fused-ring (bicyclic) bond motifs is 2. The highest BCUT2D eigenvalue weighted by Gasteiger charge is 2.14. The van der Waals surface area contributed by atoms with Gasteiger partial charge in [-0.2, -0.15) is 16.9 Å². The zero-order chi connectivity index (χ0) is 18.1. The van der Waals surface area contributed by atoms with Crippen LogP contribution in [0.25, 0.3) is 21.8 Å². The van der Waals surface area contributed by atoms with Gasteiger partial charge in [-0.1, -0.05) is 11.6 Å². The third-order valence-electron chi connectivity index (χ3n) is 4.49. The minimum absolute atomic E-state index is 0.712. The van der Waals surface area contributed by atoms with E-state index in [-0.39, 0.29) is 0 Å². The Labute approximate surface area is 165 Å². The Balaban J connectivity index is 1.82. The maximum absolute atomic E-state index is 6.20. The predicted molar refractivity (Wildman–Crippen MR) is 114 cm³/mol. The van der Waals surface area contributed by atoms with E-state index >= 15 is 0 Å². The van der Waals surface area contributed by atoms with E-state index < -0.39 is 0 Å². The minimum Gasteiger partial charge on any atom is -0.342 e. The van der Waals surface area contributed by atoms with Crippen molar-refractivity contribution in [2.24, 2.45) is 0 Å². The monoisotopic (exact) mass is 402 g/mol. The van der Waals surface area contributed by atoms with Gasteiger partial charge >= 0.3 is 0 Å². The highest BCUT2D eigenvalue weighted by molar-refractivity contribution is 7.98. The number of rotatable bonds is 6. The average Bonchev–Trinajstić information content (AvgIpc) is 3.18. The van der Waals surface area contributed by atoms with Gasteiger partial charge in [-0.05, 0) is 42.8 Å². The molecule has 0 amide bonds. The number of thioether (sulfide) groups is 2.